The lowest BCUT2D eigenvalue weighted by Gasteiger charge is -2.31. The molecule has 0 spiro atoms. The number of ether oxygens (including phenoxy) is 3. The highest BCUT2D eigenvalue weighted by atomic mass is 79.9. The molecule has 1 saturated heterocycles. The van der Waals surface area contributed by atoms with Crippen LogP contribution >= 0.6 is 15.9 Å². The topological polar surface area (TPSA) is 65.1 Å². The fraction of sp³-hybridized carbons (Fsp3) is 0.368. The van der Waals surface area contributed by atoms with Gasteiger partial charge in [0.05, 0.1) is 19.1 Å². The molecule has 1 aliphatic rings. The van der Waals surface area contributed by atoms with E-state index in [9.17, 15) is 8.42 Å². The maximum absolute atomic E-state index is 12.9. The Morgan fingerprint density at radius 3 is 2.19 bits per heavy atom. The third-order valence-corrected chi connectivity index (χ3v) is 6.93. The van der Waals surface area contributed by atoms with Crippen molar-refractivity contribution in [3.8, 4) is 17.2 Å². The highest BCUT2D eigenvalue weighted by Crippen LogP contribution is 2.31. The zero-order valence-corrected chi connectivity index (χ0v) is 17.6. The summed E-state index contributed by atoms with van der Waals surface area (Å²) >= 11 is 3.40. The van der Waals surface area contributed by atoms with Gasteiger partial charge in [-0.3, -0.25) is 0 Å². The van der Waals surface area contributed by atoms with Crippen LogP contribution in [0.4, 0.5) is 0 Å². The van der Waals surface area contributed by atoms with Crippen LogP contribution in [0.25, 0.3) is 0 Å². The largest absolute Gasteiger partial charge is 0.493 e. The molecule has 0 N–H and O–H groups in total. The van der Waals surface area contributed by atoms with Gasteiger partial charge >= 0.3 is 0 Å². The first-order valence-corrected chi connectivity index (χ1v) is 10.8. The summed E-state index contributed by atoms with van der Waals surface area (Å²) in [6, 6.07) is 12.3. The van der Waals surface area contributed by atoms with Gasteiger partial charge in [0.25, 0.3) is 0 Å². The van der Waals surface area contributed by atoms with Gasteiger partial charge in [-0.15, -0.1) is 0 Å². The van der Waals surface area contributed by atoms with Crippen LogP contribution in [0.5, 0.6) is 17.2 Å². The van der Waals surface area contributed by atoms with E-state index in [0.29, 0.717) is 37.4 Å². The first-order chi connectivity index (χ1) is 12.9. The van der Waals surface area contributed by atoms with Crippen LogP contribution in [-0.4, -0.2) is 46.1 Å². The highest BCUT2D eigenvalue weighted by molar-refractivity contribution is 9.10. The maximum atomic E-state index is 12.9. The molecule has 6 nitrogen and oxygen atoms in total. The van der Waals surface area contributed by atoms with Crippen molar-refractivity contribution in [1.82, 2.24) is 4.31 Å². The van der Waals surface area contributed by atoms with Gasteiger partial charge in [0, 0.05) is 23.6 Å². The van der Waals surface area contributed by atoms with Crippen LogP contribution < -0.4 is 14.2 Å². The first-order valence-electron chi connectivity index (χ1n) is 8.58. The predicted molar refractivity (Wildman–Crippen MR) is 106 cm³/mol. The number of benzene rings is 2. The number of methoxy groups -OCH3 is 2. The molecule has 0 aliphatic carbocycles. The van der Waals surface area contributed by atoms with Gasteiger partial charge in [0.15, 0.2) is 11.5 Å². The van der Waals surface area contributed by atoms with Crippen molar-refractivity contribution in [2.24, 2.45) is 0 Å². The number of rotatable bonds is 6. The van der Waals surface area contributed by atoms with Crippen molar-refractivity contribution >= 4 is 26.0 Å². The second-order valence-electron chi connectivity index (χ2n) is 6.19. The van der Waals surface area contributed by atoms with Crippen LogP contribution in [0.15, 0.2) is 51.8 Å². The van der Waals surface area contributed by atoms with Gasteiger partial charge in [-0.1, -0.05) is 15.9 Å². The van der Waals surface area contributed by atoms with Crippen molar-refractivity contribution < 1.29 is 22.6 Å². The fourth-order valence-electron chi connectivity index (χ4n) is 3.02. The standard InChI is InChI=1S/C19H22BrNO5S/c1-24-18-8-7-17(13-19(18)25-2)27(22,23)21-11-9-16(10-12-21)26-15-5-3-14(20)4-6-15/h3-8,13,16H,9-12H2,1-2H3. The number of hydrogen-bond acceptors (Lipinski definition) is 5. The van der Waals surface area contributed by atoms with Gasteiger partial charge in [-0.05, 0) is 49.2 Å². The van der Waals surface area contributed by atoms with Crippen LogP contribution in [0.1, 0.15) is 12.8 Å². The number of nitrogens with zero attached hydrogens (tertiary/aromatic N) is 1. The van der Waals surface area contributed by atoms with Gasteiger partial charge < -0.3 is 14.2 Å². The summed E-state index contributed by atoms with van der Waals surface area (Å²) in [6.45, 7) is 0.829. The lowest BCUT2D eigenvalue weighted by molar-refractivity contribution is 0.135. The third-order valence-electron chi connectivity index (χ3n) is 4.51. The van der Waals surface area contributed by atoms with Crippen molar-refractivity contribution in [2.75, 3.05) is 27.3 Å². The van der Waals surface area contributed by atoms with E-state index in [1.54, 1.807) is 12.1 Å². The van der Waals surface area contributed by atoms with E-state index < -0.39 is 10.0 Å². The Morgan fingerprint density at radius 1 is 0.963 bits per heavy atom. The minimum Gasteiger partial charge on any atom is -0.493 e. The zero-order valence-electron chi connectivity index (χ0n) is 15.2. The van der Waals surface area contributed by atoms with E-state index in [0.717, 1.165) is 10.2 Å². The van der Waals surface area contributed by atoms with Gasteiger partial charge in [0.2, 0.25) is 10.0 Å². The molecule has 1 fully saturated rings. The smallest absolute Gasteiger partial charge is 0.243 e. The average Bonchev–Trinajstić information content (AvgIpc) is 2.69. The second-order valence-corrected chi connectivity index (χ2v) is 9.05. The molecule has 2 aromatic rings. The van der Waals surface area contributed by atoms with Gasteiger partial charge in [-0.2, -0.15) is 4.31 Å². The van der Waals surface area contributed by atoms with Crippen molar-refractivity contribution in [3.63, 3.8) is 0 Å². The summed E-state index contributed by atoms with van der Waals surface area (Å²) in [5.41, 5.74) is 0. The number of halogens is 1. The third kappa shape index (κ3) is 4.56. The van der Waals surface area contributed by atoms with Crippen LogP contribution in [0, 0.1) is 0 Å². The quantitative estimate of drug-likeness (QED) is 0.664. The molecule has 0 atom stereocenters. The molecular formula is C19H22BrNO5S. The molecule has 0 bridgehead atoms. The second kappa shape index (κ2) is 8.50. The molecule has 1 heterocycles. The predicted octanol–water partition coefficient (Wildman–Crippen LogP) is 3.70. The van der Waals surface area contributed by atoms with Crippen molar-refractivity contribution in [1.29, 1.82) is 0 Å². The number of hydrogen-bond donors (Lipinski definition) is 0. The Balaban J connectivity index is 1.66. The molecule has 2 aromatic carbocycles. The van der Waals surface area contributed by atoms with Crippen LogP contribution in [0.2, 0.25) is 0 Å². The number of piperidine rings is 1. The van der Waals surface area contributed by atoms with E-state index in [1.807, 2.05) is 24.3 Å². The minimum absolute atomic E-state index is 0.00280. The highest BCUT2D eigenvalue weighted by Gasteiger charge is 2.30. The average molecular weight is 456 g/mol. The SMILES string of the molecule is COc1ccc(S(=O)(=O)N2CCC(Oc3ccc(Br)cc3)CC2)cc1OC. The van der Waals surface area contributed by atoms with E-state index in [4.69, 9.17) is 14.2 Å². The molecule has 0 radical (unpaired) electrons. The fourth-order valence-corrected chi connectivity index (χ4v) is 4.77. The summed E-state index contributed by atoms with van der Waals surface area (Å²) in [4.78, 5) is 0.201. The van der Waals surface area contributed by atoms with Crippen molar-refractivity contribution in [2.45, 2.75) is 23.8 Å². The molecule has 146 valence electrons. The summed E-state index contributed by atoms with van der Waals surface area (Å²) in [5.74, 6) is 1.68. The van der Waals surface area contributed by atoms with Crippen LogP contribution in [0.3, 0.4) is 0 Å². The monoisotopic (exact) mass is 455 g/mol. The summed E-state index contributed by atoms with van der Waals surface area (Å²) in [6.07, 6.45) is 1.29. The van der Waals surface area contributed by atoms with Crippen LogP contribution in [-0.2, 0) is 10.0 Å². The van der Waals surface area contributed by atoms with Crippen molar-refractivity contribution in [3.05, 3.63) is 46.9 Å². The molecular weight excluding hydrogens is 434 g/mol. The molecule has 0 saturated carbocycles. The molecule has 0 amide bonds. The Morgan fingerprint density at radius 2 is 1.59 bits per heavy atom. The van der Waals surface area contributed by atoms with E-state index in [-0.39, 0.29) is 11.0 Å². The lowest BCUT2D eigenvalue weighted by Crippen LogP contribution is -2.41. The van der Waals surface area contributed by atoms with Gasteiger partial charge in [-0.25, -0.2) is 8.42 Å². The lowest BCUT2D eigenvalue weighted by atomic mass is 10.1. The summed E-state index contributed by atoms with van der Waals surface area (Å²) in [5, 5.41) is 0. The Bertz CT molecular complexity index is 877. The Hall–Kier alpha value is -1.77. The molecule has 27 heavy (non-hydrogen) atoms. The molecule has 0 unspecified atom stereocenters. The number of sulfonamides is 1. The molecule has 8 heteroatoms. The zero-order chi connectivity index (χ0) is 19.4. The minimum atomic E-state index is -3.59. The van der Waals surface area contributed by atoms with Gasteiger partial charge in [0.1, 0.15) is 11.9 Å². The Labute approximate surface area is 168 Å². The Kier molecular flexibility index (Phi) is 6.29. The normalized spacial score (nSPS) is 16.1. The first kappa shape index (κ1) is 20.0. The molecule has 1 aliphatic heterocycles. The summed E-state index contributed by atoms with van der Waals surface area (Å²) < 4.78 is 44.7. The van der Waals surface area contributed by atoms with E-state index in [1.165, 1.54) is 24.6 Å². The molecule has 0 aromatic heterocycles. The summed E-state index contributed by atoms with van der Waals surface area (Å²) in [7, 11) is -0.584. The molecule has 3 rings (SSSR count). The van der Waals surface area contributed by atoms with E-state index in [2.05, 4.69) is 15.9 Å². The van der Waals surface area contributed by atoms with E-state index >= 15 is 0 Å². The maximum Gasteiger partial charge on any atom is 0.243 e.